The van der Waals surface area contributed by atoms with Gasteiger partial charge in [-0.3, -0.25) is 4.79 Å². The van der Waals surface area contributed by atoms with E-state index in [1.54, 1.807) is 0 Å². The number of allylic oxidation sites excluding steroid dienone is 2. The molecule has 0 saturated heterocycles. The van der Waals surface area contributed by atoms with Crippen molar-refractivity contribution >= 4 is 23.2 Å². The highest BCUT2D eigenvalue weighted by atomic mass is 35.5. The van der Waals surface area contributed by atoms with Crippen LogP contribution in [0.2, 0.25) is 5.02 Å². The second kappa shape index (κ2) is 7.16. The molecule has 0 radical (unpaired) electrons. The van der Waals surface area contributed by atoms with E-state index in [2.05, 4.69) is 41.8 Å². The van der Waals surface area contributed by atoms with Gasteiger partial charge in [-0.05, 0) is 60.2 Å². The molecular weight excluding hydrogens is 344 g/mol. The van der Waals surface area contributed by atoms with Crippen LogP contribution in [-0.2, 0) is 0 Å². The van der Waals surface area contributed by atoms with Crippen LogP contribution < -0.4 is 10.6 Å². The van der Waals surface area contributed by atoms with Crippen molar-refractivity contribution in [2.45, 2.75) is 31.7 Å². The minimum Gasteiger partial charge on any atom is -0.378 e. The molecule has 0 bridgehead atoms. The van der Waals surface area contributed by atoms with Crippen LogP contribution >= 0.6 is 11.6 Å². The van der Waals surface area contributed by atoms with Crippen molar-refractivity contribution in [3.8, 4) is 0 Å². The zero-order valence-electron chi connectivity index (χ0n) is 14.8. The van der Waals surface area contributed by atoms with Crippen LogP contribution in [0.15, 0.2) is 54.6 Å². The maximum absolute atomic E-state index is 12.3. The molecule has 4 heteroatoms. The van der Waals surface area contributed by atoms with E-state index in [4.69, 9.17) is 11.6 Å². The van der Waals surface area contributed by atoms with Crippen LogP contribution in [0.1, 0.15) is 53.2 Å². The van der Waals surface area contributed by atoms with E-state index in [-0.39, 0.29) is 11.9 Å². The van der Waals surface area contributed by atoms with Gasteiger partial charge in [0.2, 0.25) is 0 Å². The Balaban J connectivity index is 1.68. The van der Waals surface area contributed by atoms with Crippen molar-refractivity contribution in [2.24, 2.45) is 5.92 Å². The van der Waals surface area contributed by atoms with Crippen LogP contribution in [0.25, 0.3) is 0 Å². The number of benzene rings is 2. The van der Waals surface area contributed by atoms with Crippen molar-refractivity contribution < 1.29 is 4.79 Å². The molecule has 0 spiro atoms. The van der Waals surface area contributed by atoms with E-state index in [1.807, 2.05) is 30.3 Å². The molecule has 0 saturated carbocycles. The van der Waals surface area contributed by atoms with Crippen molar-refractivity contribution in [1.82, 2.24) is 5.32 Å². The lowest BCUT2D eigenvalue weighted by Gasteiger charge is -2.37. The third-order valence-corrected chi connectivity index (χ3v) is 5.60. The monoisotopic (exact) mass is 366 g/mol. The highest BCUT2D eigenvalue weighted by molar-refractivity contribution is 6.30. The number of rotatable bonds is 4. The summed E-state index contributed by atoms with van der Waals surface area (Å²) in [5, 5.41) is 7.42. The Labute approximate surface area is 159 Å². The SMILES string of the molecule is CCCNC(=O)c1ccc2c(c1)C1C=CCC1C(c1cccc(Cl)c1)N2. The quantitative estimate of drug-likeness (QED) is 0.720. The topological polar surface area (TPSA) is 41.1 Å². The number of amides is 1. The molecule has 3 atom stereocenters. The van der Waals surface area contributed by atoms with Gasteiger partial charge in [0, 0.05) is 28.7 Å². The third-order valence-electron chi connectivity index (χ3n) is 5.37. The van der Waals surface area contributed by atoms with Gasteiger partial charge in [0.15, 0.2) is 0 Å². The first kappa shape index (κ1) is 17.2. The summed E-state index contributed by atoms with van der Waals surface area (Å²) in [5.74, 6) is 0.772. The van der Waals surface area contributed by atoms with Gasteiger partial charge in [-0.15, -0.1) is 0 Å². The summed E-state index contributed by atoms with van der Waals surface area (Å²) < 4.78 is 0. The minimum atomic E-state index is 0.00476. The van der Waals surface area contributed by atoms with Gasteiger partial charge in [-0.25, -0.2) is 0 Å². The van der Waals surface area contributed by atoms with Gasteiger partial charge in [-0.2, -0.15) is 0 Å². The van der Waals surface area contributed by atoms with E-state index < -0.39 is 0 Å². The lowest BCUT2D eigenvalue weighted by molar-refractivity contribution is 0.0953. The lowest BCUT2D eigenvalue weighted by atomic mass is 9.76. The molecular formula is C22H23ClN2O. The average molecular weight is 367 g/mol. The van der Waals surface area contributed by atoms with E-state index in [9.17, 15) is 4.79 Å². The second-order valence-electron chi connectivity index (χ2n) is 7.09. The fraction of sp³-hybridized carbons (Fsp3) is 0.318. The van der Waals surface area contributed by atoms with Crippen LogP contribution in [0, 0.1) is 5.92 Å². The zero-order valence-corrected chi connectivity index (χ0v) is 15.6. The smallest absolute Gasteiger partial charge is 0.251 e. The Morgan fingerprint density at radius 1 is 1.27 bits per heavy atom. The van der Waals surface area contributed by atoms with E-state index in [0.717, 1.165) is 29.1 Å². The maximum Gasteiger partial charge on any atom is 0.251 e. The Kier molecular flexibility index (Phi) is 4.73. The van der Waals surface area contributed by atoms with Gasteiger partial charge in [-0.1, -0.05) is 42.8 Å². The number of halogens is 1. The third kappa shape index (κ3) is 3.12. The summed E-state index contributed by atoms with van der Waals surface area (Å²) in [5.41, 5.74) is 4.27. The highest BCUT2D eigenvalue weighted by Crippen LogP contribution is 2.50. The summed E-state index contributed by atoms with van der Waals surface area (Å²) in [6, 6.07) is 14.3. The summed E-state index contributed by atoms with van der Waals surface area (Å²) in [6.07, 6.45) is 6.51. The number of hydrogen-bond donors (Lipinski definition) is 2. The maximum atomic E-state index is 12.3. The first-order valence-corrected chi connectivity index (χ1v) is 9.66. The number of hydrogen-bond acceptors (Lipinski definition) is 2. The Bertz CT molecular complexity index is 861. The first-order chi connectivity index (χ1) is 12.7. The molecule has 2 aliphatic rings. The van der Waals surface area contributed by atoms with Crippen LogP contribution in [0.5, 0.6) is 0 Å². The van der Waals surface area contributed by atoms with Gasteiger partial charge in [0.25, 0.3) is 5.91 Å². The average Bonchev–Trinajstić information content (AvgIpc) is 3.15. The summed E-state index contributed by atoms with van der Waals surface area (Å²) in [6.45, 7) is 2.76. The minimum absolute atomic E-state index is 0.00476. The predicted octanol–water partition coefficient (Wildman–Crippen LogP) is 5.31. The Morgan fingerprint density at radius 3 is 2.96 bits per heavy atom. The molecule has 2 aromatic carbocycles. The normalized spacial score (nSPS) is 23.1. The molecule has 0 aromatic heterocycles. The Morgan fingerprint density at radius 2 is 2.15 bits per heavy atom. The van der Waals surface area contributed by atoms with Gasteiger partial charge < -0.3 is 10.6 Å². The molecule has 1 aliphatic carbocycles. The van der Waals surface area contributed by atoms with E-state index in [0.29, 0.717) is 18.4 Å². The van der Waals surface area contributed by atoms with Gasteiger partial charge in [0.1, 0.15) is 0 Å². The molecule has 3 unspecified atom stereocenters. The molecule has 2 N–H and O–H groups in total. The predicted molar refractivity (Wildman–Crippen MR) is 107 cm³/mol. The molecule has 1 aliphatic heterocycles. The zero-order chi connectivity index (χ0) is 18.1. The molecule has 4 rings (SSSR count). The van der Waals surface area contributed by atoms with Crippen molar-refractivity contribution in [2.75, 3.05) is 11.9 Å². The number of carbonyl (C=O) groups is 1. The van der Waals surface area contributed by atoms with Gasteiger partial charge >= 0.3 is 0 Å². The standard InChI is InChI=1S/C22H23ClN2O/c1-2-11-24-22(26)15-9-10-20-19(13-15)17-7-4-8-18(17)21(25-20)14-5-3-6-16(23)12-14/h3-7,9-10,12-13,17-18,21,25H,2,8,11H2,1H3,(H,24,26). The largest absolute Gasteiger partial charge is 0.378 e. The summed E-state index contributed by atoms with van der Waals surface area (Å²) >= 11 is 6.22. The van der Waals surface area contributed by atoms with Crippen molar-refractivity contribution in [1.29, 1.82) is 0 Å². The Hall–Kier alpha value is -2.26. The lowest BCUT2D eigenvalue weighted by Crippen LogP contribution is -2.30. The van der Waals surface area contributed by atoms with E-state index >= 15 is 0 Å². The number of carbonyl (C=O) groups excluding carboxylic acids is 1. The molecule has 0 fully saturated rings. The molecule has 3 nitrogen and oxygen atoms in total. The molecule has 26 heavy (non-hydrogen) atoms. The molecule has 1 heterocycles. The number of nitrogens with one attached hydrogen (secondary N) is 2. The molecule has 2 aromatic rings. The van der Waals surface area contributed by atoms with Crippen LogP contribution in [0.4, 0.5) is 5.69 Å². The van der Waals surface area contributed by atoms with Crippen LogP contribution in [-0.4, -0.2) is 12.5 Å². The highest BCUT2D eigenvalue weighted by Gasteiger charge is 2.38. The number of anilines is 1. The number of fused-ring (bicyclic) bond motifs is 3. The van der Waals surface area contributed by atoms with Crippen molar-refractivity contribution in [3.05, 3.63) is 76.3 Å². The fourth-order valence-electron chi connectivity index (χ4n) is 4.11. The fourth-order valence-corrected chi connectivity index (χ4v) is 4.31. The second-order valence-corrected chi connectivity index (χ2v) is 7.52. The van der Waals surface area contributed by atoms with Crippen molar-refractivity contribution in [3.63, 3.8) is 0 Å². The summed E-state index contributed by atoms with van der Waals surface area (Å²) in [4.78, 5) is 12.3. The van der Waals surface area contributed by atoms with Crippen LogP contribution in [0.3, 0.4) is 0 Å². The van der Waals surface area contributed by atoms with Gasteiger partial charge in [0.05, 0.1) is 6.04 Å². The molecule has 134 valence electrons. The van der Waals surface area contributed by atoms with E-state index in [1.165, 1.54) is 11.1 Å². The first-order valence-electron chi connectivity index (χ1n) is 9.28. The molecule has 1 amide bonds. The summed E-state index contributed by atoms with van der Waals surface area (Å²) in [7, 11) is 0.